The van der Waals surface area contributed by atoms with E-state index in [9.17, 15) is 0 Å². The Bertz CT molecular complexity index is 362. The lowest BCUT2D eigenvalue weighted by atomic mass is 9.79. The number of allylic oxidation sites excluding steroid dienone is 1. The Hall–Kier alpha value is -0.455. The zero-order valence-electron chi connectivity index (χ0n) is 11.5. The lowest BCUT2D eigenvalue weighted by Gasteiger charge is -2.32. The second kappa shape index (κ2) is 4.91. The molecule has 0 spiro atoms. The molecule has 0 bridgehead atoms. The molecule has 0 saturated carbocycles. The predicted octanol–water partition coefficient (Wildman–Crippen LogP) is 1.65. The van der Waals surface area contributed by atoms with Gasteiger partial charge in [0.15, 0.2) is 0 Å². The minimum absolute atomic E-state index is 0.341. The zero-order valence-corrected chi connectivity index (χ0v) is 12.3. The summed E-state index contributed by atoms with van der Waals surface area (Å²) in [5.74, 6) is 2.19. The van der Waals surface area contributed by atoms with Crippen molar-refractivity contribution in [2.75, 3.05) is 11.5 Å². The molecule has 0 unspecified atom stereocenters. The molecule has 0 aliphatic carbocycles. The van der Waals surface area contributed by atoms with Gasteiger partial charge in [-0.05, 0) is 33.9 Å². The van der Waals surface area contributed by atoms with E-state index in [0.29, 0.717) is 6.04 Å². The Morgan fingerprint density at radius 2 is 1.83 bits per heavy atom. The van der Waals surface area contributed by atoms with Crippen LogP contribution in [0.3, 0.4) is 0 Å². The van der Waals surface area contributed by atoms with Gasteiger partial charge in [-0.25, -0.2) is 0 Å². The first-order chi connectivity index (χ1) is 8.36. The zero-order chi connectivity index (χ0) is 13.4. The van der Waals surface area contributed by atoms with Crippen LogP contribution in [0.5, 0.6) is 0 Å². The first kappa shape index (κ1) is 14.0. The Kier molecular flexibility index (Phi) is 3.81. The summed E-state index contributed by atoms with van der Waals surface area (Å²) in [7, 11) is -0.420. The van der Waals surface area contributed by atoms with Gasteiger partial charge in [0.25, 0.3) is 0 Å². The number of hydrogen-bond acceptors (Lipinski definition) is 5. The Labute approximate surface area is 114 Å². The van der Waals surface area contributed by atoms with Crippen LogP contribution in [0.25, 0.3) is 0 Å². The SMILES string of the molecule is CC1(C)OB(C(C=NC2CSC2)=CN)OC1(C)C. The van der Waals surface area contributed by atoms with Crippen LogP contribution in [0.15, 0.2) is 16.7 Å². The quantitative estimate of drug-likeness (QED) is 0.624. The van der Waals surface area contributed by atoms with Crippen molar-refractivity contribution in [2.24, 2.45) is 10.7 Å². The lowest BCUT2D eigenvalue weighted by molar-refractivity contribution is 0.00578. The number of nitrogens with two attached hydrogens (primary N) is 1. The third kappa shape index (κ3) is 2.60. The molecule has 6 heteroatoms. The second-order valence-corrected chi connectivity index (χ2v) is 6.80. The van der Waals surface area contributed by atoms with Gasteiger partial charge in [0, 0.05) is 23.2 Å². The first-order valence-electron chi connectivity index (χ1n) is 6.24. The minimum atomic E-state index is -0.420. The Morgan fingerprint density at radius 3 is 2.22 bits per heavy atom. The summed E-state index contributed by atoms with van der Waals surface area (Å²) in [6.45, 7) is 8.11. The van der Waals surface area contributed by atoms with Gasteiger partial charge in [-0.15, -0.1) is 0 Å². The molecule has 2 aliphatic rings. The first-order valence-corrected chi connectivity index (χ1v) is 7.39. The molecule has 0 atom stereocenters. The van der Waals surface area contributed by atoms with Crippen molar-refractivity contribution in [3.8, 4) is 0 Å². The van der Waals surface area contributed by atoms with Gasteiger partial charge >= 0.3 is 7.12 Å². The molecule has 2 rings (SSSR count). The average Bonchev–Trinajstić information content (AvgIpc) is 2.40. The lowest BCUT2D eigenvalue weighted by Crippen LogP contribution is -2.41. The van der Waals surface area contributed by atoms with Crippen molar-refractivity contribution in [1.29, 1.82) is 0 Å². The highest BCUT2D eigenvalue weighted by atomic mass is 32.2. The molecule has 0 aromatic rings. The molecule has 2 N–H and O–H groups in total. The largest absolute Gasteiger partial charge is 0.497 e. The number of hydrogen-bond donors (Lipinski definition) is 1. The van der Waals surface area contributed by atoms with E-state index >= 15 is 0 Å². The molecule has 0 aromatic carbocycles. The molecule has 100 valence electrons. The normalized spacial score (nSPS) is 27.8. The van der Waals surface area contributed by atoms with Crippen LogP contribution in [-0.2, 0) is 9.31 Å². The van der Waals surface area contributed by atoms with E-state index in [1.54, 1.807) is 6.21 Å². The third-order valence-electron chi connectivity index (χ3n) is 3.77. The summed E-state index contributed by atoms with van der Waals surface area (Å²) in [5.41, 5.74) is 5.77. The maximum Gasteiger partial charge on any atom is 0.497 e. The highest BCUT2D eigenvalue weighted by Crippen LogP contribution is 2.38. The smallest absolute Gasteiger partial charge is 0.405 e. The molecule has 2 fully saturated rings. The van der Waals surface area contributed by atoms with E-state index in [4.69, 9.17) is 15.0 Å². The summed E-state index contributed by atoms with van der Waals surface area (Å²) in [5, 5.41) is 0. The summed E-state index contributed by atoms with van der Waals surface area (Å²) in [6.07, 6.45) is 3.32. The van der Waals surface area contributed by atoms with Crippen molar-refractivity contribution < 1.29 is 9.31 Å². The Morgan fingerprint density at radius 1 is 1.28 bits per heavy atom. The van der Waals surface area contributed by atoms with Crippen molar-refractivity contribution in [2.45, 2.75) is 44.9 Å². The number of aliphatic imine (C=N–C) groups is 1. The minimum Gasteiger partial charge on any atom is -0.405 e. The summed E-state index contributed by atoms with van der Waals surface area (Å²) < 4.78 is 11.9. The molecule has 0 radical (unpaired) electrons. The van der Waals surface area contributed by atoms with E-state index in [1.165, 1.54) is 6.20 Å². The molecule has 2 heterocycles. The fraction of sp³-hybridized carbons (Fsp3) is 0.750. The Balaban J connectivity index is 2.04. The number of nitrogens with zero attached hydrogens (tertiary/aromatic N) is 1. The summed E-state index contributed by atoms with van der Waals surface area (Å²) in [6, 6.07) is 0.423. The van der Waals surface area contributed by atoms with Crippen LogP contribution in [0.4, 0.5) is 0 Å². The highest BCUT2D eigenvalue weighted by molar-refractivity contribution is 8.00. The van der Waals surface area contributed by atoms with Gasteiger partial charge in [-0.2, -0.15) is 11.8 Å². The van der Waals surface area contributed by atoms with E-state index in [0.717, 1.165) is 17.0 Å². The maximum atomic E-state index is 5.93. The topological polar surface area (TPSA) is 56.8 Å². The van der Waals surface area contributed by atoms with Gasteiger partial charge in [-0.3, -0.25) is 4.99 Å². The standard InChI is InChI=1S/C12H21BN2O2S/c1-11(2)12(3,4)17-13(16-11)9(5-14)6-15-10-7-18-8-10/h5-6,10H,7-8,14H2,1-4H3. The van der Waals surface area contributed by atoms with Gasteiger partial charge < -0.3 is 15.0 Å². The maximum absolute atomic E-state index is 5.93. The monoisotopic (exact) mass is 268 g/mol. The molecule has 2 aliphatic heterocycles. The number of thioether (sulfide) groups is 1. The average molecular weight is 268 g/mol. The van der Waals surface area contributed by atoms with Gasteiger partial charge in [0.2, 0.25) is 0 Å². The molecule has 4 nitrogen and oxygen atoms in total. The van der Waals surface area contributed by atoms with Crippen LogP contribution in [0.1, 0.15) is 27.7 Å². The van der Waals surface area contributed by atoms with E-state index in [2.05, 4.69) is 4.99 Å². The van der Waals surface area contributed by atoms with Crippen molar-refractivity contribution in [3.63, 3.8) is 0 Å². The molecule has 2 saturated heterocycles. The van der Waals surface area contributed by atoms with Crippen LogP contribution < -0.4 is 5.73 Å². The van der Waals surface area contributed by atoms with Crippen LogP contribution in [0, 0.1) is 0 Å². The second-order valence-electron chi connectivity index (χ2n) is 5.72. The molecule has 0 aromatic heterocycles. The molecular weight excluding hydrogens is 247 g/mol. The fourth-order valence-electron chi connectivity index (χ4n) is 1.66. The van der Waals surface area contributed by atoms with Gasteiger partial charge in [0.1, 0.15) is 0 Å². The van der Waals surface area contributed by atoms with Gasteiger partial charge in [-0.1, -0.05) is 0 Å². The van der Waals surface area contributed by atoms with Gasteiger partial charge in [0.05, 0.1) is 17.2 Å². The highest BCUT2D eigenvalue weighted by Gasteiger charge is 2.52. The van der Waals surface area contributed by atoms with Crippen molar-refractivity contribution >= 4 is 25.1 Å². The molecular formula is C12H21BN2O2S. The fourth-order valence-corrected chi connectivity index (χ4v) is 2.28. The number of rotatable bonds is 3. The third-order valence-corrected chi connectivity index (χ3v) is 5.01. The summed E-state index contributed by atoms with van der Waals surface area (Å²) >= 11 is 1.91. The van der Waals surface area contributed by atoms with E-state index < -0.39 is 7.12 Å². The van der Waals surface area contributed by atoms with Crippen molar-refractivity contribution in [1.82, 2.24) is 0 Å². The van der Waals surface area contributed by atoms with Crippen molar-refractivity contribution in [3.05, 3.63) is 11.7 Å². The van der Waals surface area contributed by atoms with E-state index in [-0.39, 0.29) is 11.2 Å². The molecule has 0 amide bonds. The van der Waals surface area contributed by atoms with E-state index in [1.807, 2.05) is 39.5 Å². The molecule has 18 heavy (non-hydrogen) atoms. The van der Waals surface area contributed by atoms with Crippen LogP contribution in [0.2, 0.25) is 0 Å². The van der Waals surface area contributed by atoms with Crippen LogP contribution in [-0.4, -0.2) is 42.1 Å². The predicted molar refractivity (Wildman–Crippen MR) is 78.0 cm³/mol. The summed E-state index contributed by atoms with van der Waals surface area (Å²) in [4.78, 5) is 4.49. The van der Waals surface area contributed by atoms with Crippen LogP contribution >= 0.6 is 11.8 Å².